The van der Waals surface area contributed by atoms with Gasteiger partial charge < -0.3 is 0 Å². The van der Waals surface area contributed by atoms with Crippen LogP contribution in [0.2, 0.25) is 0 Å². The molecule has 0 heterocycles. The van der Waals surface area contributed by atoms with E-state index < -0.39 is 19.9 Å². The minimum Gasteiger partial charge on any atom is -0.224 e. The zero-order valence-corrected chi connectivity index (χ0v) is 16.6. The molecule has 1 atom stereocenters. The highest BCUT2D eigenvalue weighted by molar-refractivity contribution is 9.10. The zero-order valence-electron chi connectivity index (χ0n) is 13.4. The molecule has 8 heteroatoms. The first-order valence-electron chi connectivity index (χ1n) is 6.85. The molecule has 0 aliphatic rings. The molecular formula is C14H22BrNO4S2. The van der Waals surface area contributed by atoms with E-state index in [4.69, 9.17) is 0 Å². The first-order chi connectivity index (χ1) is 9.87. The van der Waals surface area contributed by atoms with Crippen LogP contribution in [0.4, 0.5) is 0 Å². The van der Waals surface area contributed by atoms with Crippen LogP contribution in [-0.4, -0.2) is 40.5 Å². The molecule has 5 nitrogen and oxygen atoms in total. The summed E-state index contributed by atoms with van der Waals surface area (Å²) in [7, 11) is -5.73. The highest BCUT2D eigenvalue weighted by Crippen LogP contribution is 2.29. The van der Waals surface area contributed by atoms with Gasteiger partial charge in [-0.2, -0.15) is 4.31 Å². The molecular weight excluding hydrogens is 390 g/mol. The Morgan fingerprint density at radius 3 is 2.14 bits per heavy atom. The number of hydrogen-bond donors (Lipinski definition) is 0. The summed E-state index contributed by atoms with van der Waals surface area (Å²) in [5.41, 5.74) is 0. The van der Waals surface area contributed by atoms with Crippen LogP contribution in [-0.2, 0) is 19.9 Å². The zero-order chi connectivity index (χ0) is 17.3. The van der Waals surface area contributed by atoms with Crippen LogP contribution < -0.4 is 0 Å². The van der Waals surface area contributed by atoms with Crippen LogP contribution >= 0.6 is 15.9 Å². The molecule has 0 saturated carbocycles. The van der Waals surface area contributed by atoms with E-state index in [-0.39, 0.29) is 15.8 Å². The first-order valence-corrected chi connectivity index (χ1v) is 11.0. The summed E-state index contributed by atoms with van der Waals surface area (Å²) in [6, 6.07) is 3.85. The molecule has 0 radical (unpaired) electrons. The lowest BCUT2D eigenvalue weighted by molar-refractivity contribution is 0.337. The van der Waals surface area contributed by atoms with E-state index in [2.05, 4.69) is 15.9 Å². The lowest BCUT2D eigenvalue weighted by Crippen LogP contribution is -2.36. The Labute approximate surface area is 141 Å². The average molecular weight is 412 g/mol. The van der Waals surface area contributed by atoms with E-state index >= 15 is 0 Å². The average Bonchev–Trinajstić information content (AvgIpc) is 2.35. The second-order valence-corrected chi connectivity index (χ2v) is 10.7. The molecule has 0 N–H and O–H groups in total. The van der Waals surface area contributed by atoms with Crippen molar-refractivity contribution in [1.82, 2.24) is 4.31 Å². The van der Waals surface area contributed by atoms with Crippen LogP contribution in [0.3, 0.4) is 0 Å². The maximum atomic E-state index is 12.8. The van der Waals surface area contributed by atoms with Crippen molar-refractivity contribution in [3.05, 3.63) is 22.7 Å². The molecule has 126 valence electrons. The lowest BCUT2D eigenvalue weighted by Gasteiger charge is -2.26. The number of hydrogen-bond acceptors (Lipinski definition) is 4. The summed E-state index contributed by atoms with van der Waals surface area (Å²) in [4.78, 5) is -0.0484. The predicted molar refractivity (Wildman–Crippen MR) is 91.1 cm³/mol. The molecule has 0 spiro atoms. The van der Waals surface area contributed by atoms with Gasteiger partial charge in [0, 0.05) is 23.8 Å². The van der Waals surface area contributed by atoms with Crippen molar-refractivity contribution in [3.63, 3.8) is 0 Å². The SMILES string of the molecule is CC(C)CC(C)N(C)S(=O)(=O)c1cc(S(C)(=O)=O)ccc1Br. The molecule has 0 saturated heterocycles. The van der Waals surface area contributed by atoms with Crippen LogP contribution in [0.15, 0.2) is 32.5 Å². The van der Waals surface area contributed by atoms with Crippen molar-refractivity contribution < 1.29 is 16.8 Å². The van der Waals surface area contributed by atoms with Crippen LogP contribution in [0, 0.1) is 5.92 Å². The van der Waals surface area contributed by atoms with Gasteiger partial charge in [-0.3, -0.25) is 0 Å². The third kappa shape index (κ3) is 4.53. The molecule has 1 aromatic rings. The Morgan fingerprint density at radius 2 is 1.68 bits per heavy atom. The van der Waals surface area contributed by atoms with Crippen molar-refractivity contribution in [1.29, 1.82) is 0 Å². The second-order valence-electron chi connectivity index (χ2n) is 5.86. The molecule has 1 rings (SSSR count). The third-order valence-electron chi connectivity index (χ3n) is 3.42. The van der Waals surface area contributed by atoms with Gasteiger partial charge in [0.05, 0.1) is 9.79 Å². The normalized spacial score (nSPS) is 14.5. The minimum atomic E-state index is -3.78. The Hall–Kier alpha value is -0.440. The summed E-state index contributed by atoms with van der Waals surface area (Å²) < 4.78 is 50.5. The molecule has 1 aromatic carbocycles. The Balaban J connectivity index is 3.34. The van der Waals surface area contributed by atoms with Gasteiger partial charge in [-0.15, -0.1) is 0 Å². The molecule has 0 aliphatic heterocycles. The number of halogens is 1. The number of sulfonamides is 1. The van der Waals surface area contributed by atoms with Gasteiger partial charge in [0.25, 0.3) is 0 Å². The molecule has 0 bridgehead atoms. The summed E-state index contributed by atoms with van der Waals surface area (Å²) in [6.45, 7) is 5.89. The van der Waals surface area contributed by atoms with E-state index in [1.54, 1.807) is 0 Å². The van der Waals surface area contributed by atoms with Gasteiger partial charge in [0.2, 0.25) is 10.0 Å². The summed E-state index contributed by atoms with van der Waals surface area (Å²) in [6.07, 6.45) is 1.77. The van der Waals surface area contributed by atoms with Gasteiger partial charge in [-0.1, -0.05) is 13.8 Å². The number of sulfone groups is 1. The van der Waals surface area contributed by atoms with E-state index in [0.717, 1.165) is 12.7 Å². The summed E-state index contributed by atoms with van der Waals surface area (Å²) in [5.74, 6) is 0.360. The van der Waals surface area contributed by atoms with Gasteiger partial charge >= 0.3 is 0 Å². The minimum absolute atomic E-state index is 0.0146. The van der Waals surface area contributed by atoms with E-state index in [9.17, 15) is 16.8 Å². The van der Waals surface area contributed by atoms with Crippen molar-refractivity contribution in [2.45, 2.75) is 43.0 Å². The molecule has 0 fully saturated rings. The first kappa shape index (κ1) is 19.6. The van der Waals surface area contributed by atoms with Gasteiger partial charge in [0.1, 0.15) is 0 Å². The van der Waals surface area contributed by atoms with E-state index in [0.29, 0.717) is 10.4 Å². The fourth-order valence-electron chi connectivity index (χ4n) is 2.13. The number of nitrogens with zero attached hydrogens (tertiary/aromatic N) is 1. The number of benzene rings is 1. The second kappa shape index (κ2) is 6.98. The molecule has 1 unspecified atom stereocenters. The Kier molecular flexibility index (Phi) is 6.22. The van der Waals surface area contributed by atoms with Crippen LogP contribution in [0.1, 0.15) is 27.2 Å². The van der Waals surface area contributed by atoms with Gasteiger partial charge in [-0.25, -0.2) is 16.8 Å². The molecule has 0 amide bonds. The molecule has 22 heavy (non-hydrogen) atoms. The van der Waals surface area contributed by atoms with Gasteiger partial charge in [0.15, 0.2) is 9.84 Å². The van der Waals surface area contributed by atoms with Crippen LogP contribution in [0.5, 0.6) is 0 Å². The van der Waals surface area contributed by atoms with E-state index in [1.807, 2.05) is 20.8 Å². The Bertz CT molecular complexity index is 742. The quantitative estimate of drug-likeness (QED) is 0.721. The summed E-state index contributed by atoms with van der Waals surface area (Å²) in [5, 5.41) is 0. The fourth-order valence-corrected chi connectivity index (χ4v) is 5.18. The van der Waals surface area contributed by atoms with Crippen molar-refractivity contribution in [2.75, 3.05) is 13.3 Å². The summed E-state index contributed by atoms with van der Waals surface area (Å²) >= 11 is 3.20. The number of rotatable bonds is 6. The molecule has 0 aliphatic carbocycles. The smallest absolute Gasteiger partial charge is 0.224 e. The monoisotopic (exact) mass is 411 g/mol. The largest absolute Gasteiger partial charge is 0.244 e. The topological polar surface area (TPSA) is 71.5 Å². The third-order valence-corrected chi connectivity index (χ3v) is 7.50. The van der Waals surface area contributed by atoms with E-state index in [1.165, 1.54) is 29.6 Å². The van der Waals surface area contributed by atoms with Crippen molar-refractivity contribution in [2.24, 2.45) is 5.92 Å². The van der Waals surface area contributed by atoms with Gasteiger partial charge in [-0.05, 0) is 53.4 Å². The predicted octanol–water partition coefficient (Wildman–Crippen LogP) is 2.91. The van der Waals surface area contributed by atoms with Crippen molar-refractivity contribution >= 4 is 35.8 Å². The molecule has 0 aromatic heterocycles. The lowest BCUT2D eigenvalue weighted by atomic mass is 10.1. The Morgan fingerprint density at radius 1 is 1.14 bits per heavy atom. The fraction of sp³-hybridized carbons (Fsp3) is 0.571. The standard InChI is InChI=1S/C14H22BrNO4S2/c1-10(2)8-11(3)16(4)22(19,20)14-9-12(21(5,17)18)6-7-13(14)15/h6-7,9-11H,8H2,1-5H3. The highest BCUT2D eigenvalue weighted by atomic mass is 79.9. The van der Waals surface area contributed by atoms with Crippen molar-refractivity contribution in [3.8, 4) is 0 Å². The maximum absolute atomic E-state index is 12.8. The maximum Gasteiger partial charge on any atom is 0.244 e. The highest BCUT2D eigenvalue weighted by Gasteiger charge is 2.28. The van der Waals surface area contributed by atoms with Crippen LogP contribution in [0.25, 0.3) is 0 Å².